The van der Waals surface area contributed by atoms with Gasteiger partial charge in [-0.1, -0.05) is 12.1 Å². The van der Waals surface area contributed by atoms with Gasteiger partial charge in [-0.3, -0.25) is 0 Å². The number of sulfonamides is 1. The Morgan fingerprint density at radius 1 is 1.23 bits per heavy atom. The molecule has 0 aliphatic carbocycles. The minimum absolute atomic E-state index is 0.0389. The van der Waals surface area contributed by atoms with Gasteiger partial charge >= 0.3 is 0 Å². The van der Waals surface area contributed by atoms with Crippen molar-refractivity contribution in [3.05, 3.63) is 53.5 Å². The van der Waals surface area contributed by atoms with Gasteiger partial charge in [0.15, 0.2) is 0 Å². The van der Waals surface area contributed by atoms with Crippen LogP contribution in [0.4, 0.5) is 4.39 Å². The maximum atomic E-state index is 13.4. The lowest BCUT2D eigenvalue weighted by Crippen LogP contribution is -2.39. The molecule has 1 fully saturated rings. The Morgan fingerprint density at radius 3 is 2.88 bits per heavy atom. The summed E-state index contributed by atoms with van der Waals surface area (Å²) in [6.07, 6.45) is 1.44. The molecule has 0 amide bonds. The minimum Gasteiger partial charge on any atom is -0.420 e. The number of aromatic nitrogens is 2. The van der Waals surface area contributed by atoms with E-state index >= 15 is 0 Å². The van der Waals surface area contributed by atoms with Crippen molar-refractivity contribution < 1.29 is 17.2 Å². The first-order chi connectivity index (χ1) is 12.5. The molecule has 0 saturated carbocycles. The van der Waals surface area contributed by atoms with E-state index in [0.717, 1.165) is 17.4 Å². The van der Waals surface area contributed by atoms with Crippen LogP contribution in [0.25, 0.3) is 10.8 Å². The second-order valence-corrected chi connectivity index (χ2v) is 8.97. The van der Waals surface area contributed by atoms with Crippen molar-refractivity contribution in [2.75, 3.05) is 13.1 Å². The predicted octanol–water partition coefficient (Wildman–Crippen LogP) is 3.51. The van der Waals surface area contributed by atoms with Crippen LogP contribution in [0.1, 0.15) is 24.7 Å². The van der Waals surface area contributed by atoms with Crippen molar-refractivity contribution in [3.63, 3.8) is 0 Å². The molecular formula is C17H16FN3O3S2. The summed E-state index contributed by atoms with van der Waals surface area (Å²) in [7, 11) is -3.76. The molecule has 4 rings (SSSR count). The molecular weight excluding hydrogens is 377 g/mol. The molecule has 3 aromatic rings. The SMILES string of the molecule is O=S(=O)(c1cccc(F)c1)N1CCCC(c2nnc(-c3cccs3)o2)C1. The fourth-order valence-electron chi connectivity index (χ4n) is 3.04. The van der Waals surface area contributed by atoms with Crippen molar-refractivity contribution in [2.24, 2.45) is 0 Å². The molecule has 1 unspecified atom stereocenters. The van der Waals surface area contributed by atoms with Crippen LogP contribution in [-0.2, 0) is 10.0 Å². The van der Waals surface area contributed by atoms with Crippen molar-refractivity contribution in [1.82, 2.24) is 14.5 Å². The minimum atomic E-state index is -3.76. The van der Waals surface area contributed by atoms with Crippen LogP contribution in [0.15, 0.2) is 51.1 Å². The van der Waals surface area contributed by atoms with Gasteiger partial charge in [0.2, 0.25) is 15.9 Å². The Labute approximate surface area is 154 Å². The molecule has 3 heterocycles. The highest BCUT2D eigenvalue weighted by Gasteiger charge is 2.33. The van der Waals surface area contributed by atoms with Crippen LogP contribution in [0, 0.1) is 5.82 Å². The molecule has 1 atom stereocenters. The third-order valence-corrected chi connectivity index (χ3v) is 7.06. The Morgan fingerprint density at radius 2 is 2.12 bits per heavy atom. The maximum Gasteiger partial charge on any atom is 0.257 e. The lowest BCUT2D eigenvalue weighted by Gasteiger charge is -2.30. The highest BCUT2D eigenvalue weighted by Crippen LogP contribution is 2.32. The highest BCUT2D eigenvalue weighted by atomic mass is 32.2. The second kappa shape index (κ2) is 6.90. The summed E-state index contributed by atoms with van der Waals surface area (Å²) < 4.78 is 46.2. The van der Waals surface area contributed by atoms with Crippen LogP contribution in [0.2, 0.25) is 0 Å². The third-order valence-electron chi connectivity index (χ3n) is 4.34. The largest absolute Gasteiger partial charge is 0.420 e. The molecule has 6 nitrogen and oxygen atoms in total. The number of halogens is 1. The number of nitrogens with zero attached hydrogens (tertiary/aromatic N) is 3. The van der Waals surface area contributed by atoms with E-state index in [2.05, 4.69) is 10.2 Å². The van der Waals surface area contributed by atoms with Crippen LogP contribution >= 0.6 is 11.3 Å². The van der Waals surface area contributed by atoms with E-state index in [1.165, 1.54) is 33.8 Å². The quantitative estimate of drug-likeness (QED) is 0.678. The fraction of sp³-hybridized carbons (Fsp3) is 0.294. The lowest BCUT2D eigenvalue weighted by molar-refractivity contribution is 0.286. The van der Waals surface area contributed by atoms with Crippen molar-refractivity contribution >= 4 is 21.4 Å². The monoisotopic (exact) mass is 393 g/mol. The number of benzene rings is 1. The number of hydrogen-bond acceptors (Lipinski definition) is 6. The van der Waals surface area contributed by atoms with Crippen LogP contribution < -0.4 is 0 Å². The normalized spacial score (nSPS) is 18.9. The van der Waals surface area contributed by atoms with Gasteiger partial charge < -0.3 is 4.42 Å². The molecule has 2 aromatic heterocycles. The molecule has 0 radical (unpaired) electrons. The summed E-state index contributed by atoms with van der Waals surface area (Å²) in [5.41, 5.74) is 0. The summed E-state index contributed by atoms with van der Waals surface area (Å²) in [5, 5.41) is 10.1. The van der Waals surface area contributed by atoms with E-state index in [0.29, 0.717) is 24.7 Å². The van der Waals surface area contributed by atoms with E-state index < -0.39 is 15.8 Å². The zero-order chi connectivity index (χ0) is 18.1. The van der Waals surface area contributed by atoms with Crippen molar-refractivity contribution in [1.29, 1.82) is 0 Å². The summed E-state index contributed by atoms with van der Waals surface area (Å²) >= 11 is 1.50. The number of thiophene rings is 1. The smallest absolute Gasteiger partial charge is 0.257 e. The second-order valence-electron chi connectivity index (χ2n) is 6.08. The Hall–Kier alpha value is -2.10. The van der Waals surface area contributed by atoms with E-state index in [1.807, 2.05) is 17.5 Å². The number of rotatable bonds is 4. The van der Waals surface area contributed by atoms with Gasteiger partial charge in [0.1, 0.15) is 5.82 Å². The van der Waals surface area contributed by atoms with Gasteiger partial charge in [-0.2, -0.15) is 4.31 Å². The zero-order valence-electron chi connectivity index (χ0n) is 13.7. The summed E-state index contributed by atoms with van der Waals surface area (Å²) in [5.74, 6) is 0.137. The molecule has 0 N–H and O–H groups in total. The van der Waals surface area contributed by atoms with Gasteiger partial charge in [0, 0.05) is 13.1 Å². The van der Waals surface area contributed by atoms with Crippen LogP contribution in [-0.4, -0.2) is 36.0 Å². The average molecular weight is 393 g/mol. The van der Waals surface area contributed by atoms with E-state index in [9.17, 15) is 12.8 Å². The molecule has 1 saturated heterocycles. The first-order valence-corrected chi connectivity index (χ1v) is 10.5. The summed E-state index contributed by atoms with van der Waals surface area (Å²) in [4.78, 5) is 0.840. The highest BCUT2D eigenvalue weighted by molar-refractivity contribution is 7.89. The van der Waals surface area contributed by atoms with Crippen molar-refractivity contribution in [2.45, 2.75) is 23.7 Å². The molecule has 1 aromatic carbocycles. The van der Waals surface area contributed by atoms with Crippen LogP contribution in [0.5, 0.6) is 0 Å². The first kappa shape index (κ1) is 17.3. The molecule has 26 heavy (non-hydrogen) atoms. The molecule has 1 aliphatic rings. The first-order valence-electron chi connectivity index (χ1n) is 8.17. The maximum absolute atomic E-state index is 13.4. The Bertz CT molecular complexity index is 1000. The fourth-order valence-corrected chi connectivity index (χ4v) is 5.24. The molecule has 136 valence electrons. The lowest BCUT2D eigenvalue weighted by atomic mass is 10.00. The molecule has 0 bridgehead atoms. The van der Waals surface area contributed by atoms with Gasteiger partial charge in [-0.15, -0.1) is 21.5 Å². The van der Waals surface area contributed by atoms with E-state index in [1.54, 1.807) is 0 Å². The topological polar surface area (TPSA) is 76.3 Å². The predicted molar refractivity (Wildman–Crippen MR) is 94.7 cm³/mol. The zero-order valence-corrected chi connectivity index (χ0v) is 15.3. The number of piperidine rings is 1. The summed E-state index contributed by atoms with van der Waals surface area (Å²) in [6.45, 7) is 0.631. The molecule has 1 aliphatic heterocycles. The standard InChI is InChI=1S/C17H16FN3O3S2/c18-13-5-1-6-14(10-13)26(22,23)21-8-2-4-12(11-21)16-19-20-17(24-16)15-7-3-9-25-15/h1,3,5-7,9-10,12H,2,4,8,11H2. The van der Waals surface area contributed by atoms with Crippen molar-refractivity contribution in [3.8, 4) is 10.8 Å². The molecule has 9 heteroatoms. The Kier molecular flexibility index (Phi) is 4.60. The average Bonchev–Trinajstić information content (AvgIpc) is 3.33. The molecule has 0 spiro atoms. The van der Waals surface area contributed by atoms with Gasteiger partial charge in [-0.05, 0) is 42.5 Å². The summed E-state index contributed by atoms with van der Waals surface area (Å²) in [6, 6.07) is 8.86. The Balaban J connectivity index is 1.56. The van der Waals surface area contributed by atoms with E-state index in [4.69, 9.17) is 4.42 Å². The third kappa shape index (κ3) is 3.29. The van der Waals surface area contributed by atoms with E-state index in [-0.39, 0.29) is 17.4 Å². The van der Waals surface area contributed by atoms with Crippen LogP contribution in [0.3, 0.4) is 0 Å². The van der Waals surface area contributed by atoms with Gasteiger partial charge in [0.25, 0.3) is 5.89 Å². The number of hydrogen-bond donors (Lipinski definition) is 0. The van der Waals surface area contributed by atoms with Gasteiger partial charge in [0.05, 0.1) is 15.7 Å². The van der Waals surface area contributed by atoms with Gasteiger partial charge in [-0.25, -0.2) is 12.8 Å².